The number of ether oxygens (including phenoxy) is 2. The third-order valence-electron chi connectivity index (χ3n) is 1.26. The van der Waals surface area contributed by atoms with Crippen molar-refractivity contribution < 1.29 is 9.47 Å². The summed E-state index contributed by atoms with van der Waals surface area (Å²) in [5.74, 6) is 0.602. The van der Waals surface area contributed by atoms with Crippen LogP contribution in [0.2, 0.25) is 0 Å². The fraction of sp³-hybridized carbons (Fsp3) is 1.00. The summed E-state index contributed by atoms with van der Waals surface area (Å²) in [7, 11) is 0. The standard InChI is InChI=1S/C9H20O2/c1-4-5-6-10-8-11-7-9(2)3/h9H,4-8H2,1-3H3. The lowest BCUT2D eigenvalue weighted by Gasteiger charge is -2.06. The highest BCUT2D eigenvalue weighted by atomic mass is 16.7. The molecule has 0 aromatic carbocycles. The number of hydrogen-bond acceptors (Lipinski definition) is 2. The summed E-state index contributed by atoms with van der Waals surface area (Å²) in [4.78, 5) is 0. The van der Waals surface area contributed by atoms with Crippen LogP contribution in [0.5, 0.6) is 0 Å². The SMILES string of the molecule is CCCCOCOCC(C)C. The van der Waals surface area contributed by atoms with Crippen LogP contribution in [0.3, 0.4) is 0 Å². The Kier molecular flexibility index (Phi) is 7.96. The first-order valence-corrected chi connectivity index (χ1v) is 4.42. The molecule has 0 N–H and O–H groups in total. The first kappa shape index (κ1) is 10.9. The molecule has 68 valence electrons. The Bertz CT molecular complexity index is 72.0. The van der Waals surface area contributed by atoms with E-state index < -0.39 is 0 Å². The van der Waals surface area contributed by atoms with Crippen molar-refractivity contribution in [3.8, 4) is 0 Å². The fourth-order valence-electron chi connectivity index (χ4n) is 0.648. The van der Waals surface area contributed by atoms with E-state index in [-0.39, 0.29) is 0 Å². The van der Waals surface area contributed by atoms with Gasteiger partial charge in [0, 0.05) is 6.61 Å². The van der Waals surface area contributed by atoms with Crippen LogP contribution in [0.4, 0.5) is 0 Å². The predicted molar refractivity (Wildman–Crippen MR) is 46.5 cm³/mol. The quantitative estimate of drug-likeness (QED) is 0.420. The molecule has 0 heterocycles. The molecule has 0 amide bonds. The van der Waals surface area contributed by atoms with Gasteiger partial charge in [-0.1, -0.05) is 27.2 Å². The van der Waals surface area contributed by atoms with Crippen LogP contribution in [0.25, 0.3) is 0 Å². The van der Waals surface area contributed by atoms with Gasteiger partial charge in [0.1, 0.15) is 6.79 Å². The molecule has 0 rings (SSSR count). The van der Waals surface area contributed by atoms with E-state index in [0.29, 0.717) is 12.7 Å². The van der Waals surface area contributed by atoms with Crippen molar-refractivity contribution in [2.75, 3.05) is 20.0 Å². The van der Waals surface area contributed by atoms with Gasteiger partial charge in [0.15, 0.2) is 0 Å². The van der Waals surface area contributed by atoms with Crippen molar-refractivity contribution in [3.05, 3.63) is 0 Å². The minimum atomic E-state index is 0.457. The Hall–Kier alpha value is -0.0800. The average molecular weight is 160 g/mol. The molecule has 11 heavy (non-hydrogen) atoms. The molecule has 2 heteroatoms. The van der Waals surface area contributed by atoms with Gasteiger partial charge in [-0.05, 0) is 12.3 Å². The van der Waals surface area contributed by atoms with E-state index >= 15 is 0 Å². The van der Waals surface area contributed by atoms with Gasteiger partial charge in [-0.15, -0.1) is 0 Å². The Morgan fingerprint density at radius 1 is 1.18 bits per heavy atom. The van der Waals surface area contributed by atoms with Crippen LogP contribution in [0.1, 0.15) is 33.6 Å². The summed E-state index contributed by atoms with van der Waals surface area (Å²) in [6.45, 7) is 8.50. The molecule has 0 saturated heterocycles. The van der Waals surface area contributed by atoms with Crippen LogP contribution < -0.4 is 0 Å². The first-order valence-electron chi connectivity index (χ1n) is 4.42. The Morgan fingerprint density at radius 2 is 1.91 bits per heavy atom. The number of rotatable bonds is 7. The van der Waals surface area contributed by atoms with Crippen LogP contribution >= 0.6 is 0 Å². The maximum absolute atomic E-state index is 5.22. The van der Waals surface area contributed by atoms with Crippen LogP contribution in [0, 0.1) is 5.92 Å². The van der Waals surface area contributed by atoms with E-state index in [4.69, 9.17) is 9.47 Å². The van der Waals surface area contributed by atoms with E-state index in [0.717, 1.165) is 19.6 Å². The molecule has 0 aliphatic heterocycles. The summed E-state index contributed by atoms with van der Waals surface area (Å²) in [6.07, 6.45) is 2.31. The van der Waals surface area contributed by atoms with Gasteiger partial charge in [0.2, 0.25) is 0 Å². The Balaban J connectivity index is 2.80. The second kappa shape index (κ2) is 8.02. The normalized spacial score (nSPS) is 10.9. The lowest BCUT2D eigenvalue weighted by Crippen LogP contribution is -2.06. The zero-order valence-corrected chi connectivity index (χ0v) is 7.93. The molecule has 0 spiro atoms. The maximum atomic E-state index is 5.22. The lowest BCUT2D eigenvalue weighted by atomic mass is 10.2. The molecule has 0 radical (unpaired) electrons. The molecule has 0 bridgehead atoms. The van der Waals surface area contributed by atoms with Gasteiger partial charge in [-0.2, -0.15) is 0 Å². The summed E-state index contributed by atoms with van der Waals surface area (Å²) < 4.78 is 10.4. The van der Waals surface area contributed by atoms with E-state index in [1.54, 1.807) is 0 Å². The minimum absolute atomic E-state index is 0.457. The summed E-state index contributed by atoms with van der Waals surface area (Å²) in [5.41, 5.74) is 0. The average Bonchev–Trinajstić information content (AvgIpc) is 1.96. The van der Waals surface area contributed by atoms with Crippen LogP contribution in [0.15, 0.2) is 0 Å². The highest BCUT2D eigenvalue weighted by Crippen LogP contribution is 1.93. The van der Waals surface area contributed by atoms with Gasteiger partial charge in [-0.25, -0.2) is 0 Å². The van der Waals surface area contributed by atoms with Crippen molar-refractivity contribution in [3.63, 3.8) is 0 Å². The van der Waals surface area contributed by atoms with E-state index in [2.05, 4.69) is 20.8 Å². The molecule has 0 aromatic rings. The molecule has 0 atom stereocenters. The van der Waals surface area contributed by atoms with Gasteiger partial charge in [0.25, 0.3) is 0 Å². The van der Waals surface area contributed by atoms with E-state index in [1.165, 1.54) is 6.42 Å². The molecular weight excluding hydrogens is 140 g/mol. The van der Waals surface area contributed by atoms with Crippen molar-refractivity contribution >= 4 is 0 Å². The molecule has 2 nitrogen and oxygen atoms in total. The third-order valence-corrected chi connectivity index (χ3v) is 1.26. The van der Waals surface area contributed by atoms with Gasteiger partial charge >= 0.3 is 0 Å². The zero-order valence-electron chi connectivity index (χ0n) is 7.93. The monoisotopic (exact) mass is 160 g/mol. The van der Waals surface area contributed by atoms with Crippen LogP contribution in [-0.4, -0.2) is 20.0 Å². The van der Waals surface area contributed by atoms with Crippen molar-refractivity contribution in [1.82, 2.24) is 0 Å². The Labute approximate surface area is 69.9 Å². The smallest absolute Gasteiger partial charge is 0.146 e. The lowest BCUT2D eigenvalue weighted by molar-refractivity contribution is -0.0620. The highest BCUT2D eigenvalue weighted by molar-refractivity contribution is 4.36. The van der Waals surface area contributed by atoms with Crippen molar-refractivity contribution in [1.29, 1.82) is 0 Å². The number of unbranched alkanes of at least 4 members (excludes halogenated alkanes) is 1. The zero-order chi connectivity index (χ0) is 8.53. The first-order chi connectivity index (χ1) is 5.27. The van der Waals surface area contributed by atoms with Crippen LogP contribution in [-0.2, 0) is 9.47 Å². The highest BCUT2D eigenvalue weighted by Gasteiger charge is 1.92. The topological polar surface area (TPSA) is 18.5 Å². The number of hydrogen-bond donors (Lipinski definition) is 0. The molecular formula is C9H20O2. The second-order valence-electron chi connectivity index (χ2n) is 3.14. The molecule has 0 aromatic heterocycles. The minimum Gasteiger partial charge on any atom is -0.355 e. The molecule has 0 aliphatic rings. The molecule has 0 unspecified atom stereocenters. The van der Waals surface area contributed by atoms with E-state index in [1.807, 2.05) is 0 Å². The van der Waals surface area contributed by atoms with Crippen molar-refractivity contribution in [2.24, 2.45) is 5.92 Å². The largest absolute Gasteiger partial charge is 0.355 e. The third kappa shape index (κ3) is 9.92. The van der Waals surface area contributed by atoms with E-state index in [9.17, 15) is 0 Å². The Morgan fingerprint density at radius 3 is 2.45 bits per heavy atom. The van der Waals surface area contributed by atoms with Gasteiger partial charge in [0.05, 0.1) is 6.61 Å². The second-order valence-corrected chi connectivity index (χ2v) is 3.14. The van der Waals surface area contributed by atoms with Gasteiger partial charge < -0.3 is 9.47 Å². The molecule has 0 aliphatic carbocycles. The van der Waals surface area contributed by atoms with Crippen molar-refractivity contribution in [2.45, 2.75) is 33.6 Å². The summed E-state index contributed by atoms with van der Waals surface area (Å²) >= 11 is 0. The molecule has 0 saturated carbocycles. The fourth-order valence-corrected chi connectivity index (χ4v) is 0.648. The molecule has 0 fully saturated rings. The maximum Gasteiger partial charge on any atom is 0.146 e. The summed E-state index contributed by atoms with van der Waals surface area (Å²) in [6, 6.07) is 0. The van der Waals surface area contributed by atoms with Gasteiger partial charge in [-0.3, -0.25) is 0 Å². The summed E-state index contributed by atoms with van der Waals surface area (Å²) in [5, 5.41) is 0. The predicted octanol–water partition coefficient (Wildman–Crippen LogP) is 2.43.